The Hall–Kier alpha value is -3.05. The summed E-state index contributed by atoms with van der Waals surface area (Å²) in [5.74, 6) is -0.372. The number of amides is 1. The third kappa shape index (κ3) is 4.52. The quantitative estimate of drug-likeness (QED) is 0.338. The second kappa shape index (κ2) is 9.84. The zero-order valence-corrected chi connectivity index (χ0v) is 18.5. The second-order valence-electron chi connectivity index (χ2n) is 7.17. The van der Waals surface area contributed by atoms with Crippen LogP contribution in [0.3, 0.4) is 0 Å². The Morgan fingerprint density at radius 3 is 2.19 bits per heavy atom. The molecule has 1 atom stereocenters. The number of ether oxygens (including phenoxy) is 2. The number of carbonyl (C=O) groups is 2. The Kier molecular flexibility index (Phi) is 7.18. The molecule has 1 unspecified atom stereocenters. The van der Waals surface area contributed by atoms with Crippen LogP contribution >= 0.6 is 11.6 Å². The van der Waals surface area contributed by atoms with E-state index in [1.807, 2.05) is 60.7 Å². The van der Waals surface area contributed by atoms with Gasteiger partial charge >= 0.3 is 5.97 Å². The zero-order chi connectivity index (χ0) is 22.4. The van der Waals surface area contributed by atoms with Gasteiger partial charge in [0, 0.05) is 17.5 Å². The lowest BCUT2D eigenvalue weighted by molar-refractivity contribution is -0.172. The molecule has 1 amide bonds. The molecule has 2 aromatic rings. The minimum absolute atomic E-state index is 0.216. The molecule has 1 heterocycles. The molecule has 2 aromatic carbocycles. The summed E-state index contributed by atoms with van der Waals surface area (Å²) in [6, 6.07) is 18.8. The highest BCUT2D eigenvalue weighted by Gasteiger charge is 2.50. The van der Waals surface area contributed by atoms with Crippen LogP contribution in [0.4, 0.5) is 0 Å². The van der Waals surface area contributed by atoms with Crippen molar-refractivity contribution < 1.29 is 19.1 Å². The molecular weight excluding hydrogens is 414 g/mol. The Labute approximate surface area is 187 Å². The number of allylic oxidation sites excluding steroid dienone is 2. The van der Waals surface area contributed by atoms with Crippen molar-refractivity contribution in [1.82, 2.24) is 4.90 Å². The Bertz CT molecular complexity index is 932. The summed E-state index contributed by atoms with van der Waals surface area (Å²) < 4.78 is 11.7. The van der Waals surface area contributed by atoms with Crippen molar-refractivity contribution in [2.45, 2.75) is 31.4 Å². The molecule has 0 saturated heterocycles. The predicted octanol–water partition coefficient (Wildman–Crippen LogP) is 4.77. The van der Waals surface area contributed by atoms with E-state index < -0.39 is 17.1 Å². The third-order valence-electron chi connectivity index (χ3n) is 5.19. The lowest BCUT2D eigenvalue weighted by atomic mass is 9.89. The third-order valence-corrected chi connectivity index (χ3v) is 5.52. The van der Waals surface area contributed by atoms with Gasteiger partial charge in [0.2, 0.25) is 5.72 Å². The largest absolute Gasteiger partial charge is 0.465 e. The lowest BCUT2D eigenvalue weighted by Crippen LogP contribution is -2.57. The van der Waals surface area contributed by atoms with E-state index in [9.17, 15) is 9.59 Å². The van der Waals surface area contributed by atoms with Gasteiger partial charge in [-0.05, 0) is 13.8 Å². The topological polar surface area (TPSA) is 55.8 Å². The van der Waals surface area contributed by atoms with Crippen molar-refractivity contribution in [3.63, 3.8) is 0 Å². The number of benzene rings is 2. The fourth-order valence-corrected chi connectivity index (χ4v) is 3.90. The van der Waals surface area contributed by atoms with E-state index >= 15 is 0 Å². The predicted molar refractivity (Wildman–Crippen MR) is 120 cm³/mol. The summed E-state index contributed by atoms with van der Waals surface area (Å²) in [5, 5.41) is -0.442. The number of hydrogen-bond donors (Lipinski definition) is 0. The molecule has 1 aliphatic heterocycles. The van der Waals surface area contributed by atoms with Crippen molar-refractivity contribution in [1.29, 1.82) is 0 Å². The van der Waals surface area contributed by atoms with E-state index in [-0.39, 0.29) is 25.5 Å². The van der Waals surface area contributed by atoms with Crippen LogP contribution in [0.1, 0.15) is 31.4 Å². The van der Waals surface area contributed by atoms with Crippen LogP contribution in [0.25, 0.3) is 0 Å². The van der Waals surface area contributed by atoms with E-state index in [2.05, 4.69) is 6.58 Å². The van der Waals surface area contributed by atoms with Gasteiger partial charge in [-0.1, -0.05) is 66.7 Å². The van der Waals surface area contributed by atoms with Crippen LogP contribution in [0.2, 0.25) is 0 Å². The number of rotatable bonds is 8. The molecule has 0 spiro atoms. The standard InChI is InChI=1S/C25H26ClNO4/c1-4-21(26)16-22-18(3)31-25(19-12-8-6-9-13-19,20-14-10-7-11-15-20)27(24(22)29)17-23(28)30-5-2/h4,6-15,21H,1,5,16-17H2,2-3H3. The summed E-state index contributed by atoms with van der Waals surface area (Å²) in [4.78, 5) is 27.8. The second-order valence-corrected chi connectivity index (χ2v) is 7.73. The first kappa shape index (κ1) is 22.6. The van der Waals surface area contributed by atoms with Crippen molar-refractivity contribution in [3.05, 3.63) is 95.8 Å². The van der Waals surface area contributed by atoms with Crippen LogP contribution in [0.5, 0.6) is 0 Å². The maximum absolute atomic E-state index is 13.8. The average Bonchev–Trinajstić information content (AvgIpc) is 2.79. The molecular formula is C25H26ClNO4. The van der Waals surface area contributed by atoms with Gasteiger partial charge in [-0.3, -0.25) is 14.5 Å². The molecule has 0 radical (unpaired) electrons. The maximum Gasteiger partial charge on any atom is 0.325 e. The lowest BCUT2D eigenvalue weighted by Gasteiger charge is -2.47. The molecule has 0 saturated carbocycles. The highest BCUT2D eigenvalue weighted by molar-refractivity contribution is 6.22. The first-order chi connectivity index (χ1) is 14.9. The van der Waals surface area contributed by atoms with Crippen LogP contribution in [-0.4, -0.2) is 35.3 Å². The van der Waals surface area contributed by atoms with E-state index in [4.69, 9.17) is 21.1 Å². The zero-order valence-electron chi connectivity index (χ0n) is 17.7. The van der Waals surface area contributed by atoms with Gasteiger partial charge in [0.1, 0.15) is 12.3 Å². The van der Waals surface area contributed by atoms with Gasteiger partial charge in [0.25, 0.3) is 5.91 Å². The molecule has 0 aliphatic carbocycles. The number of alkyl halides is 1. The number of hydrogen-bond acceptors (Lipinski definition) is 4. The molecule has 3 rings (SSSR count). The van der Waals surface area contributed by atoms with E-state index in [1.54, 1.807) is 19.9 Å². The van der Waals surface area contributed by atoms with Gasteiger partial charge in [-0.25, -0.2) is 0 Å². The fraction of sp³-hybridized carbons (Fsp3) is 0.280. The Morgan fingerprint density at radius 2 is 1.71 bits per heavy atom. The molecule has 162 valence electrons. The van der Waals surface area contributed by atoms with Gasteiger partial charge in [0.15, 0.2) is 0 Å². The molecule has 1 aliphatic rings. The van der Waals surface area contributed by atoms with Crippen molar-refractivity contribution in [3.8, 4) is 0 Å². The van der Waals surface area contributed by atoms with E-state index in [1.165, 1.54) is 4.90 Å². The monoisotopic (exact) mass is 439 g/mol. The molecule has 0 bridgehead atoms. The van der Waals surface area contributed by atoms with E-state index in [0.29, 0.717) is 11.3 Å². The summed E-state index contributed by atoms with van der Waals surface area (Å²) in [7, 11) is 0. The number of halogens is 1. The highest BCUT2D eigenvalue weighted by Crippen LogP contribution is 2.44. The molecule has 31 heavy (non-hydrogen) atoms. The molecule has 0 aromatic heterocycles. The molecule has 0 fully saturated rings. The first-order valence-corrected chi connectivity index (χ1v) is 10.6. The maximum atomic E-state index is 13.8. The summed E-state index contributed by atoms with van der Waals surface area (Å²) in [5.41, 5.74) is 0.536. The fourth-order valence-electron chi connectivity index (χ4n) is 3.75. The number of nitrogens with zero attached hydrogens (tertiary/aromatic N) is 1. The van der Waals surface area contributed by atoms with Crippen LogP contribution in [-0.2, 0) is 24.8 Å². The summed E-state index contributed by atoms with van der Waals surface area (Å²) in [6.07, 6.45) is 1.82. The number of carbonyl (C=O) groups excluding carboxylic acids is 2. The van der Waals surface area contributed by atoms with Crippen LogP contribution in [0.15, 0.2) is 84.7 Å². The van der Waals surface area contributed by atoms with Gasteiger partial charge in [-0.15, -0.1) is 18.2 Å². The summed E-state index contributed by atoms with van der Waals surface area (Å²) in [6.45, 7) is 7.12. The SMILES string of the molecule is C=CC(Cl)CC1=C(C)OC(c2ccccc2)(c2ccccc2)N(CC(=O)OCC)C1=O. The van der Waals surface area contributed by atoms with Crippen LogP contribution < -0.4 is 0 Å². The van der Waals surface area contributed by atoms with E-state index in [0.717, 1.165) is 11.1 Å². The minimum atomic E-state index is -1.32. The van der Waals surface area contributed by atoms with Crippen molar-refractivity contribution in [2.75, 3.05) is 13.2 Å². The van der Waals surface area contributed by atoms with Crippen molar-refractivity contribution >= 4 is 23.5 Å². The minimum Gasteiger partial charge on any atom is -0.465 e. The highest BCUT2D eigenvalue weighted by atomic mass is 35.5. The normalized spacial score (nSPS) is 16.5. The molecule has 6 heteroatoms. The van der Waals surface area contributed by atoms with Gasteiger partial charge in [0.05, 0.1) is 17.6 Å². The summed E-state index contributed by atoms with van der Waals surface area (Å²) >= 11 is 6.27. The van der Waals surface area contributed by atoms with Gasteiger partial charge < -0.3 is 9.47 Å². The van der Waals surface area contributed by atoms with Gasteiger partial charge in [-0.2, -0.15) is 0 Å². The number of esters is 1. The smallest absolute Gasteiger partial charge is 0.325 e. The van der Waals surface area contributed by atoms with Crippen LogP contribution in [0, 0.1) is 0 Å². The molecule has 5 nitrogen and oxygen atoms in total. The average molecular weight is 440 g/mol. The first-order valence-electron chi connectivity index (χ1n) is 10.2. The Morgan fingerprint density at radius 1 is 1.16 bits per heavy atom. The Balaban J connectivity index is 2.24. The van der Waals surface area contributed by atoms with Crippen molar-refractivity contribution in [2.24, 2.45) is 0 Å². The molecule has 0 N–H and O–H groups in total.